The van der Waals surface area contributed by atoms with Crippen LogP contribution in [-0.4, -0.2) is 17.0 Å². The number of nitrogens with one attached hydrogen (secondary N) is 1. The Labute approximate surface area is 143 Å². The third-order valence-corrected chi connectivity index (χ3v) is 3.87. The predicted octanol–water partition coefficient (Wildman–Crippen LogP) is 2.79. The van der Waals surface area contributed by atoms with Crippen molar-refractivity contribution < 1.29 is 13.6 Å². The Bertz CT molecular complexity index is 883. The number of aromatic nitrogens is 1. The van der Waals surface area contributed by atoms with Gasteiger partial charge < -0.3 is 14.3 Å². The number of benzene rings is 1. The zero-order valence-electron chi connectivity index (χ0n) is 13.4. The van der Waals surface area contributed by atoms with Gasteiger partial charge in [-0.3, -0.25) is 4.79 Å². The van der Waals surface area contributed by atoms with Crippen molar-refractivity contribution in [1.82, 2.24) is 9.88 Å². The van der Waals surface area contributed by atoms with Crippen LogP contribution in [0.4, 0.5) is 4.39 Å². The molecule has 128 valence electrons. The Morgan fingerprint density at radius 3 is 2.64 bits per heavy atom. The second-order valence-electron chi connectivity index (χ2n) is 5.67. The largest absolute Gasteiger partial charge is 0.430 e. The fraction of sp³-hybridized carbons (Fsp3) is 0.158. The first-order chi connectivity index (χ1) is 12.1. The SMILES string of the molecule is O=C(NC[C@@H](Cc1cccc(F)c1)n1cccc1)c1ccc(=O)oc1. The molecule has 0 unspecified atom stereocenters. The molecule has 5 nitrogen and oxygen atoms in total. The lowest BCUT2D eigenvalue weighted by Crippen LogP contribution is -2.31. The lowest BCUT2D eigenvalue weighted by Gasteiger charge is -2.20. The quantitative estimate of drug-likeness (QED) is 0.750. The van der Waals surface area contributed by atoms with Crippen LogP contribution in [0.25, 0.3) is 0 Å². The highest BCUT2D eigenvalue weighted by molar-refractivity contribution is 5.93. The molecule has 1 amide bonds. The van der Waals surface area contributed by atoms with Crippen LogP contribution in [0.5, 0.6) is 0 Å². The number of hydrogen-bond acceptors (Lipinski definition) is 3. The van der Waals surface area contributed by atoms with Crippen LogP contribution < -0.4 is 10.9 Å². The summed E-state index contributed by atoms with van der Waals surface area (Å²) in [5, 5.41) is 2.83. The second kappa shape index (κ2) is 7.61. The van der Waals surface area contributed by atoms with Gasteiger partial charge in [-0.2, -0.15) is 0 Å². The van der Waals surface area contributed by atoms with Crippen molar-refractivity contribution in [3.8, 4) is 0 Å². The van der Waals surface area contributed by atoms with Gasteiger partial charge in [-0.05, 0) is 42.3 Å². The van der Waals surface area contributed by atoms with E-state index in [0.29, 0.717) is 13.0 Å². The average Bonchev–Trinajstić information content (AvgIpc) is 3.13. The van der Waals surface area contributed by atoms with Crippen molar-refractivity contribution in [1.29, 1.82) is 0 Å². The lowest BCUT2D eigenvalue weighted by molar-refractivity contribution is 0.0945. The summed E-state index contributed by atoms with van der Waals surface area (Å²) in [5.41, 5.74) is 0.614. The maximum atomic E-state index is 13.4. The highest BCUT2D eigenvalue weighted by Gasteiger charge is 2.14. The van der Waals surface area contributed by atoms with E-state index in [-0.39, 0.29) is 23.3 Å². The number of hydrogen-bond donors (Lipinski definition) is 1. The molecule has 3 aromatic rings. The van der Waals surface area contributed by atoms with Crippen LogP contribution >= 0.6 is 0 Å². The number of carbonyl (C=O) groups excluding carboxylic acids is 1. The van der Waals surface area contributed by atoms with Crippen LogP contribution in [-0.2, 0) is 6.42 Å². The molecule has 0 aliphatic carbocycles. The van der Waals surface area contributed by atoms with E-state index in [9.17, 15) is 14.0 Å². The fourth-order valence-corrected chi connectivity index (χ4v) is 2.61. The van der Waals surface area contributed by atoms with E-state index in [2.05, 4.69) is 5.32 Å². The molecule has 2 aromatic heterocycles. The molecule has 0 saturated heterocycles. The van der Waals surface area contributed by atoms with Crippen molar-refractivity contribution in [3.05, 3.63) is 94.6 Å². The second-order valence-corrected chi connectivity index (χ2v) is 5.67. The van der Waals surface area contributed by atoms with Gasteiger partial charge in [0.15, 0.2) is 0 Å². The van der Waals surface area contributed by atoms with Crippen LogP contribution in [0, 0.1) is 5.82 Å². The Morgan fingerprint density at radius 1 is 1.16 bits per heavy atom. The molecule has 25 heavy (non-hydrogen) atoms. The fourth-order valence-electron chi connectivity index (χ4n) is 2.61. The molecule has 0 radical (unpaired) electrons. The third kappa shape index (κ3) is 4.44. The van der Waals surface area contributed by atoms with Crippen molar-refractivity contribution in [2.24, 2.45) is 0 Å². The summed E-state index contributed by atoms with van der Waals surface area (Å²) < 4.78 is 20.1. The van der Waals surface area contributed by atoms with E-state index in [0.717, 1.165) is 11.8 Å². The topological polar surface area (TPSA) is 64.2 Å². The van der Waals surface area contributed by atoms with Crippen molar-refractivity contribution in [2.45, 2.75) is 12.5 Å². The number of nitrogens with zero attached hydrogens (tertiary/aromatic N) is 1. The predicted molar refractivity (Wildman–Crippen MR) is 90.9 cm³/mol. The van der Waals surface area contributed by atoms with E-state index < -0.39 is 5.63 Å². The van der Waals surface area contributed by atoms with Gasteiger partial charge in [0, 0.05) is 25.0 Å². The summed E-state index contributed by atoms with van der Waals surface area (Å²) in [6.07, 6.45) is 5.50. The van der Waals surface area contributed by atoms with Gasteiger partial charge in [-0.1, -0.05) is 12.1 Å². The number of halogens is 1. The summed E-state index contributed by atoms with van der Waals surface area (Å²) in [4.78, 5) is 23.2. The van der Waals surface area contributed by atoms with Gasteiger partial charge in [-0.25, -0.2) is 9.18 Å². The minimum absolute atomic E-state index is 0.0727. The summed E-state index contributed by atoms with van der Waals surface area (Å²) in [5.74, 6) is -0.618. The summed E-state index contributed by atoms with van der Waals surface area (Å²) in [7, 11) is 0. The molecular weight excluding hydrogens is 323 g/mol. The van der Waals surface area contributed by atoms with Crippen molar-refractivity contribution in [3.63, 3.8) is 0 Å². The Hall–Kier alpha value is -3.15. The molecule has 0 spiro atoms. The molecule has 0 bridgehead atoms. The molecule has 1 N–H and O–H groups in total. The minimum Gasteiger partial charge on any atom is -0.430 e. The van der Waals surface area contributed by atoms with Gasteiger partial charge >= 0.3 is 5.63 Å². The maximum absolute atomic E-state index is 13.4. The van der Waals surface area contributed by atoms with Crippen molar-refractivity contribution >= 4 is 5.91 Å². The van der Waals surface area contributed by atoms with E-state index in [1.807, 2.05) is 35.2 Å². The monoisotopic (exact) mass is 340 g/mol. The van der Waals surface area contributed by atoms with Crippen LogP contribution in [0.15, 0.2) is 76.4 Å². The van der Waals surface area contributed by atoms with Crippen LogP contribution in [0.2, 0.25) is 0 Å². The molecule has 1 atom stereocenters. The first-order valence-electron chi connectivity index (χ1n) is 7.86. The molecule has 2 heterocycles. The standard InChI is InChI=1S/C19H17FN2O3/c20-16-5-3-4-14(10-16)11-17(22-8-1-2-9-22)12-21-19(24)15-6-7-18(23)25-13-15/h1-10,13,17H,11-12H2,(H,21,24)/t17-/m1/s1. The van der Waals surface area contributed by atoms with E-state index >= 15 is 0 Å². The van der Waals surface area contributed by atoms with E-state index in [1.54, 1.807) is 6.07 Å². The first-order valence-corrected chi connectivity index (χ1v) is 7.86. The summed E-state index contributed by atoms with van der Waals surface area (Å²) in [6, 6.07) is 12.7. The maximum Gasteiger partial charge on any atom is 0.335 e. The highest BCUT2D eigenvalue weighted by Crippen LogP contribution is 2.15. The van der Waals surface area contributed by atoms with Gasteiger partial charge in [0.2, 0.25) is 0 Å². The van der Waals surface area contributed by atoms with Gasteiger partial charge in [0.1, 0.15) is 12.1 Å². The molecule has 0 saturated carbocycles. The minimum atomic E-state index is -0.507. The number of amides is 1. The molecular formula is C19H17FN2O3. The molecule has 0 aliphatic heterocycles. The summed E-state index contributed by atoms with van der Waals surface area (Å²) >= 11 is 0. The lowest BCUT2D eigenvalue weighted by atomic mass is 10.1. The van der Waals surface area contributed by atoms with Gasteiger partial charge in [0.25, 0.3) is 5.91 Å². The van der Waals surface area contributed by atoms with Crippen LogP contribution in [0.3, 0.4) is 0 Å². The number of rotatable bonds is 6. The average molecular weight is 340 g/mol. The molecule has 1 aromatic carbocycles. The smallest absolute Gasteiger partial charge is 0.335 e. The molecule has 3 rings (SSSR count). The Morgan fingerprint density at radius 2 is 1.96 bits per heavy atom. The zero-order valence-corrected chi connectivity index (χ0v) is 13.4. The molecule has 0 aliphatic rings. The van der Waals surface area contributed by atoms with Crippen molar-refractivity contribution in [2.75, 3.05) is 6.54 Å². The normalized spacial score (nSPS) is 11.9. The summed E-state index contributed by atoms with van der Waals surface area (Å²) in [6.45, 7) is 0.350. The van der Waals surface area contributed by atoms with E-state index in [4.69, 9.17) is 4.42 Å². The van der Waals surface area contributed by atoms with Gasteiger partial charge in [0.05, 0.1) is 11.6 Å². The van der Waals surface area contributed by atoms with Crippen LogP contribution in [0.1, 0.15) is 22.0 Å². The van der Waals surface area contributed by atoms with Gasteiger partial charge in [-0.15, -0.1) is 0 Å². The highest BCUT2D eigenvalue weighted by atomic mass is 19.1. The third-order valence-electron chi connectivity index (χ3n) is 3.87. The Kier molecular flexibility index (Phi) is 5.09. The Balaban J connectivity index is 1.71. The molecule has 6 heteroatoms. The van der Waals surface area contributed by atoms with E-state index in [1.165, 1.54) is 24.3 Å². The first kappa shape index (κ1) is 16.7. The molecule has 0 fully saturated rings. The zero-order chi connectivity index (χ0) is 17.6. The number of carbonyl (C=O) groups is 1.